The van der Waals surface area contributed by atoms with Gasteiger partial charge in [-0.3, -0.25) is 9.59 Å². The van der Waals surface area contributed by atoms with E-state index in [-0.39, 0.29) is 25.5 Å². The number of para-hydroxylation sites is 1. The lowest BCUT2D eigenvalue weighted by atomic mass is 10.2. The molecule has 0 atom stereocenters. The first kappa shape index (κ1) is 15.4. The van der Waals surface area contributed by atoms with Gasteiger partial charge in [-0.25, -0.2) is 0 Å². The number of hydrogen-bond donors (Lipinski definition) is 1. The van der Waals surface area contributed by atoms with Crippen LogP contribution >= 0.6 is 0 Å². The van der Waals surface area contributed by atoms with Gasteiger partial charge in [0.2, 0.25) is 5.91 Å². The number of benzene rings is 1. The number of aliphatic carboxylic acids is 1. The Balaban J connectivity index is 1.80. The van der Waals surface area contributed by atoms with Crippen LogP contribution in [0.4, 0.5) is 0 Å². The topological polar surface area (TPSA) is 66.8 Å². The third-order valence-corrected chi connectivity index (χ3v) is 3.52. The van der Waals surface area contributed by atoms with E-state index in [0.29, 0.717) is 12.5 Å². The van der Waals surface area contributed by atoms with Gasteiger partial charge < -0.3 is 14.7 Å². The van der Waals surface area contributed by atoms with Crippen LogP contribution in [0.5, 0.6) is 5.75 Å². The summed E-state index contributed by atoms with van der Waals surface area (Å²) in [6, 6.07) is 7.62. The number of hydrogen-bond acceptors (Lipinski definition) is 3. The number of amides is 1. The summed E-state index contributed by atoms with van der Waals surface area (Å²) in [5.41, 5.74) is 1.02. The highest BCUT2D eigenvalue weighted by Crippen LogP contribution is 2.29. The Kier molecular flexibility index (Phi) is 5.20. The van der Waals surface area contributed by atoms with E-state index in [9.17, 15) is 9.59 Å². The molecule has 1 amide bonds. The van der Waals surface area contributed by atoms with Gasteiger partial charge in [0.05, 0.1) is 13.0 Å². The first-order valence-corrected chi connectivity index (χ1v) is 7.24. The molecule has 0 unspecified atom stereocenters. The largest absolute Gasteiger partial charge is 0.493 e. The third-order valence-electron chi connectivity index (χ3n) is 3.52. The fourth-order valence-electron chi connectivity index (χ4n) is 2.15. The quantitative estimate of drug-likeness (QED) is 0.796. The molecule has 0 heterocycles. The summed E-state index contributed by atoms with van der Waals surface area (Å²) in [6.45, 7) is 2.54. The Morgan fingerprint density at radius 1 is 1.33 bits per heavy atom. The van der Waals surface area contributed by atoms with E-state index in [1.165, 1.54) is 4.90 Å². The van der Waals surface area contributed by atoms with Gasteiger partial charge in [0.1, 0.15) is 12.3 Å². The summed E-state index contributed by atoms with van der Waals surface area (Å²) in [7, 11) is 0. The number of carboxylic acids is 1. The third kappa shape index (κ3) is 5.10. The normalized spacial score (nSPS) is 13.8. The van der Waals surface area contributed by atoms with Crippen molar-refractivity contribution in [3.05, 3.63) is 29.8 Å². The highest BCUT2D eigenvalue weighted by molar-refractivity contribution is 5.81. The van der Waals surface area contributed by atoms with Gasteiger partial charge in [0, 0.05) is 6.54 Å². The second-order valence-corrected chi connectivity index (χ2v) is 5.48. The molecule has 0 bridgehead atoms. The zero-order chi connectivity index (χ0) is 15.2. The summed E-state index contributed by atoms with van der Waals surface area (Å²) < 4.78 is 5.59. The van der Waals surface area contributed by atoms with Crippen LogP contribution in [0.25, 0.3) is 0 Å². The maximum Gasteiger partial charge on any atom is 0.323 e. The van der Waals surface area contributed by atoms with Crippen molar-refractivity contribution >= 4 is 11.9 Å². The summed E-state index contributed by atoms with van der Waals surface area (Å²) in [6.07, 6.45) is 2.38. The van der Waals surface area contributed by atoms with Crippen LogP contribution < -0.4 is 4.74 Å². The lowest BCUT2D eigenvalue weighted by Gasteiger charge is -2.20. The molecule has 114 valence electrons. The highest BCUT2D eigenvalue weighted by atomic mass is 16.5. The molecular weight excluding hydrogens is 270 g/mol. The smallest absolute Gasteiger partial charge is 0.323 e. The molecule has 1 aromatic carbocycles. The summed E-state index contributed by atoms with van der Waals surface area (Å²) in [5.74, 6) is 0.115. The number of aryl methyl sites for hydroxylation is 1. The Labute approximate surface area is 124 Å². The summed E-state index contributed by atoms with van der Waals surface area (Å²) >= 11 is 0. The van der Waals surface area contributed by atoms with Crippen molar-refractivity contribution in [2.24, 2.45) is 5.92 Å². The van der Waals surface area contributed by atoms with Gasteiger partial charge in [0.25, 0.3) is 0 Å². The number of ether oxygens (including phenoxy) is 1. The molecular formula is C16H21NO4. The minimum absolute atomic E-state index is 0.155. The Bertz CT molecular complexity index is 511. The van der Waals surface area contributed by atoms with Gasteiger partial charge in [-0.1, -0.05) is 18.2 Å². The number of rotatable bonds is 8. The number of carboxylic acid groups (broad SMARTS) is 1. The van der Waals surface area contributed by atoms with Gasteiger partial charge in [-0.05, 0) is 37.3 Å². The van der Waals surface area contributed by atoms with Crippen molar-refractivity contribution < 1.29 is 19.4 Å². The monoisotopic (exact) mass is 291 g/mol. The van der Waals surface area contributed by atoms with Crippen LogP contribution in [0.3, 0.4) is 0 Å². The summed E-state index contributed by atoms with van der Waals surface area (Å²) in [4.78, 5) is 24.4. The zero-order valence-electron chi connectivity index (χ0n) is 12.2. The molecule has 0 radical (unpaired) electrons. The molecule has 1 N–H and O–H groups in total. The molecule has 1 aromatic rings. The molecule has 0 aliphatic heterocycles. The number of carbonyl (C=O) groups is 2. The Hall–Kier alpha value is -2.04. The fourth-order valence-corrected chi connectivity index (χ4v) is 2.15. The second-order valence-electron chi connectivity index (χ2n) is 5.48. The SMILES string of the molecule is Cc1ccccc1OCCC(=O)N(CC(=O)O)CC1CC1. The van der Waals surface area contributed by atoms with Crippen molar-refractivity contribution in [3.8, 4) is 5.75 Å². The van der Waals surface area contributed by atoms with Crippen molar-refractivity contribution in [1.29, 1.82) is 0 Å². The van der Waals surface area contributed by atoms with Crippen LogP contribution in [-0.2, 0) is 9.59 Å². The van der Waals surface area contributed by atoms with E-state index >= 15 is 0 Å². The molecule has 5 nitrogen and oxygen atoms in total. The molecule has 1 aliphatic carbocycles. The predicted octanol–water partition coefficient (Wildman–Crippen LogP) is 2.09. The fraction of sp³-hybridized carbons (Fsp3) is 0.500. The van der Waals surface area contributed by atoms with E-state index in [1.807, 2.05) is 31.2 Å². The average molecular weight is 291 g/mol. The minimum atomic E-state index is -0.969. The minimum Gasteiger partial charge on any atom is -0.493 e. The molecule has 1 aliphatic rings. The maximum absolute atomic E-state index is 12.1. The molecule has 2 rings (SSSR count). The molecule has 0 aromatic heterocycles. The van der Waals surface area contributed by atoms with Crippen LogP contribution in [0.2, 0.25) is 0 Å². The van der Waals surface area contributed by atoms with E-state index in [0.717, 1.165) is 24.2 Å². The van der Waals surface area contributed by atoms with Crippen LogP contribution in [0.1, 0.15) is 24.8 Å². The molecule has 1 fully saturated rings. The molecule has 0 spiro atoms. The number of carbonyl (C=O) groups excluding carboxylic acids is 1. The van der Waals surface area contributed by atoms with Gasteiger partial charge >= 0.3 is 5.97 Å². The van der Waals surface area contributed by atoms with E-state index < -0.39 is 5.97 Å². The second kappa shape index (κ2) is 7.11. The van der Waals surface area contributed by atoms with Crippen molar-refractivity contribution in [1.82, 2.24) is 4.90 Å². The predicted molar refractivity (Wildman–Crippen MR) is 78.2 cm³/mol. The first-order valence-electron chi connectivity index (χ1n) is 7.24. The van der Waals surface area contributed by atoms with Crippen molar-refractivity contribution in [2.45, 2.75) is 26.2 Å². The molecule has 1 saturated carbocycles. The van der Waals surface area contributed by atoms with E-state index in [4.69, 9.17) is 9.84 Å². The molecule has 21 heavy (non-hydrogen) atoms. The number of nitrogens with zero attached hydrogens (tertiary/aromatic N) is 1. The lowest BCUT2D eigenvalue weighted by Crippen LogP contribution is -2.37. The standard InChI is InChI=1S/C16H21NO4/c1-12-4-2-3-5-14(12)21-9-8-15(18)17(11-16(19)20)10-13-6-7-13/h2-5,13H,6-11H2,1H3,(H,19,20). The Morgan fingerprint density at radius 2 is 2.05 bits per heavy atom. The van der Waals surface area contributed by atoms with Gasteiger partial charge in [-0.15, -0.1) is 0 Å². The lowest BCUT2D eigenvalue weighted by molar-refractivity contribution is -0.144. The van der Waals surface area contributed by atoms with Crippen molar-refractivity contribution in [3.63, 3.8) is 0 Å². The zero-order valence-corrected chi connectivity index (χ0v) is 12.2. The first-order chi connectivity index (χ1) is 10.1. The van der Waals surface area contributed by atoms with Crippen molar-refractivity contribution in [2.75, 3.05) is 19.7 Å². The van der Waals surface area contributed by atoms with E-state index in [1.54, 1.807) is 0 Å². The maximum atomic E-state index is 12.1. The van der Waals surface area contributed by atoms with Gasteiger partial charge in [0.15, 0.2) is 0 Å². The summed E-state index contributed by atoms with van der Waals surface area (Å²) in [5, 5.41) is 8.88. The Morgan fingerprint density at radius 3 is 2.67 bits per heavy atom. The van der Waals surface area contributed by atoms with Crippen LogP contribution in [-0.4, -0.2) is 41.6 Å². The molecule has 5 heteroatoms. The average Bonchev–Trinajstić information content (AvgIpc) is 3.23. The van der Waals surface area contributed by atoms with E-state index in [2.05, 4.69) is 0 Å². The van der Waals surface area contributed by atoms with Crippen LogP contribution in [0.15, 0.2) is 24.3 Å². The highest BCUT2D eigenvalue weighted by Gasteiger charge is 2.27. The molecule has 0 saturated heterocycles. The van der Waals surface area contributed by atoms with Crippen LogP contribution in [0, 0.1) is 12.8 Å². The van der Waals surface area contributed by atoms with Gasteiger partial charge in [-0.2, -0.15) is 0 Å².